The maximum Gasteiger partial charge on any atom is 0.114 e. The van der Waals surface area contributed by atoms with Gasteiger partial charge in [0.15, 0.2) is 0 Å². The Morgan fingerprint density at radius 1 is 1.82 bits per heavy atom. The van der Waals surface area contributed by atoms with Gasteiger partial charge in [0.2, 0.25) is 0 Å². The Hall–Kier alpha value is -0.540. The third-order valence-corrected chi connectivity index (χ3v) is 2.19. The fraction of sp³-hybridized carbons (Fsp3) is 0.286. The quantitative estimate of drug-likeness (QED) is 0.529. The number of oxime groups is 1. The fourth-order valence-corrected chi connectivity index (χ4v) is 1.49. The molecular formula is C7H8ClNOS. The van der Waals surface area contributed by atoms with Gasteiger partial charge in [0.25, 0.3) is 0 Å². The van der Waals surface area contributed by atoms with Crippen molar-refractivity contribution in [2.45, 2.75) is 6.92 Å². The van der Waals surface area contributed by atoms with Gasteiger partial charge in [0.05, 0.1) is 16.1 Å². The Balaban J connectivity index is 2.50. The maximum atomic E-state index is 5.68. The van der Waals surface area contributed by atoms with Crippen LogP contribution in [-0.2, 0) is 4.84 Å². The van der Waals surface area contributed by atoms with E-state index in [2.05, 4.69) is 5.16 Å². The lowest BCUT2D eigenvalue weighted by Crippen LogP contribution is -1.79. The van der Waals surface area contributed by atoms with Gasteiger partial charge >= 0.3 is 0 Å². The molecule has 0 atom stereocenters. The molecule has 0 N–H and O–H groups in total. The average molecular weight is 190 g/mol. The van der Waals surface area contributed by atoms with Gasteiger partial charge in [-0.25, -0.2) is 0 Å². The Kier molecular flexibility index (Phi) is 3.39. The van der Waals surface area contributed by atoms with Crippen molar-refractivity contribution >= 4 is 29.2 Å². The molecule has 0 saturated carbocycles. The van der Waals surface area contributed by atoms with Crippen molar-refractivity contribution in [2.75, 3.05) is 6.61 Å². The minimum atomic E-state index is 0.593. The third kappa shape index (κ3) is 2.91. The largest absolute Gasteiger partial charge is 0.396 e. The molecule has 0 saturated heterocycles. The standard InChI is InChI=1S/C7H8ClNOS/c1-2-10-9-4-7-3-6(8)5-11-7/h3-5H,2H2,1H3/b9-4+. The van der Waals surface area contributed by atoms with Gasteiger partial charge in [-0.2, -0.15) is 0 Å². The second-order valence-corrected chi connectivity index (χ2v) is 3.20. The predicted octanol–water partition coefficient (Wildman–Crippen LogP) is 2.77. The van der Waals surface area contributed by atoms with Crippen molar-refractivity contribution in [1.82, 2.24) is 0 Å². The van der Waals surface area contributed by atoms with E-state index in [1.165, 1.54) is 11.3 Å². The molecule has 0 aliphatic rings. The monoisotopic (exact) mass is 189 g/mol. The highest BCUT2D eigenvalue weighted by Crippen LogP contribution is 2.16. The molecule has 1 heterocycles. The van der Waals surface area contributed by atoms with Crippen LogP contribution in [0, 0.1) is 0 Å². The minimum Gasteiger partial charge on any atom is -0.396 e. The molecule has 0 bridgehead atoms. The lowest BCUT2D eigenvalue weighted by molar-refractivity contribution is 0.160. The van der Waals surface area contributed by atoms with Crippen LogP contribution in [0.4, 0.5) is 0 Å². The summed E-state index contributed by atoms with van der Waals surface area (Å²) in [6.07, 6.45) is 1.65. The fourth-order valence-electron chi connectivity index (χ4n) is 0.560. The van der Waals surface area contributed by atoms with E-state index in [1.807, 2.05) is 18.4 Å². The minimum absolute atomic E-state index is 0.593. The highest BCUT2D eigenvalue weighted by atomic mass is 35.5. The van der Waals surface area contributed by atoms with E-state index in [-0.39, 0.29) is 0 Å². The molecule has 1 aromatic rings. The lowest BCUT2D eigenvalue weighted by atomic mass is 10.5. The van der Waals surface area contributed by atoms with Gasteiger partial charge in [-0.1, -0.05) is 16.8 Å². The van der Waals surface area contributed by atoms with Crippen molar-refractivity contribution in [3.8, 4) is 0 Å². The molecule has 60 valence electrons. The topological polar surface area (TPSA) is 21.6 Å². The van der Waals surface area contributed by atoms with E-state index in [9.17, 15) is 0 Å². The highest BCUT2D eigenvalue weighted by molar-refractivity contribution is 7.12. The first-order valence-electron chi connectivity index (χ1n) is 3.22. The summed E-state index contributed by atoms with van der Waals surface area (Å²) < 4.78 is 0. The number of thiophene rings is 1. The Morgan fingerprint density at radius 2 is 2.64 bits per heavy atom. The van der Waals surface area contributed by atoms with Crippen LogP contribution in [-0.4, -0.2) is 12.8 Å². The molecule has 0 amide bonds. The van der Waals surface area contributed by atoms with Crippen LogP contribution >= 0.6 is 22.9 Å². The van der Waals surface area contributed by atoms with E-state index in [0.29, 0.717) is 6.61 Å². The van der Waals surface area contributed by atoms with Gasteiger partial charge in [0.1, 0.15) is 6.61 Å². The van der Waals surface area contributed by atoms with Gasteiger partial charge in [-0.3, -0.25) is 0 Å². The summed E-state index contributed by atoms with van der Waals surface area (Å²) in [5, 5.41) is 6.30. The number of halogens is 1. The lowest BCUT2D eigenvalue weighted by Gasteiger charge is -1.87. The van der Waals surface area contributed by atoms with Crippen LogP contribution in [0.3, 0.4) is 0 Å². The summed E-state index contributed by atoms with van der Waals surface area (Å²) in [7, 11) is 0. The van der Waals surface area contributed by atoms with Gasteiger partial charge in [0, 0.05) is 5.38 Å². The Morgan fingerprint density at radius 3 is 3.18 bits per heavy atom. The third-order valence-electron chi connectivity index (χ3n) is 0.971. The smallest absolute Gasteiger partial charge is 0.114 e. The van der Waals surface area contributed by atoms with E-state index in [0.717, 1.165) is 9.90 Å². The molecule has 0 fully saturated rings. The first-order chi connectivity index (χ1) is 5.33. The van der Waals surface area contributed by atoms with Crippen LogP contribution < -0.4 is 0 Å². The Bertz CT molecular complexity index is 246. The zero-order valence-electron chi connectivity index (χ0n) is 6.08. The summed E-state index contributed by atoms with van der Waals surface area (Å²) in [5.41, 5.74) is 0. The molecule has 0 aliphatic heterocycles. The number of hydrogen-bond donors (Lipinski definition) is 0. The van der Waals surface area contributed by atoms with Crippen molar-refractivity contribution in [3.05, 3.63) is 21.3 Å². The van der Waals surface area contributed by atoms with Crippen molar-refractivity contribution < 1.29 is 4.84 Å². The van der Waals surface area contributed by atoms with E-state index >= 15 is 0 Å². The van der Waals surface area contributed by atoms with Crippen LogP contribution in [0.25, 0.3) is 0 Å². The molecular weight excluding hydrogens is 182 g/mol. The zero-order chi connectivity index (χ0) is 8.10. The van der Waals surface area contributed by atoms with E-state index < -0.39 is 0 Å². The average Bonchev–Trinajstić information content (AvgIpc) is 2.37. The first kappa shape index (κ1) is 8.56. The SMILES string of the molecule is CCO/N=C/c1cc(Cl)cs1. The second kappa shape index (κ2) is 4.36. The molecule has 1 rings (SSSR count). The molecule has 0 aromatic carbocycles. The molecule has 0 unspecified atom stereocenters. The molecule has 0 spiro atoms. The summed E-state index contributed by atoms with van der Waals surface area (Å²) in [5.74, 6) is 0. The summed E-state index contributed by atoms with van der Waals surface area (Å²) in [6, 6.07) is 1.84. The van der Waals surface area contributed by atoms with Crippen LogP contribution in [0.15, 0.2) is 16.6 Å². The second-order valence-electron chi connectivity index (χ2n) is 1.82. The summed E-state index contributed by atoms with van der Waals surface area (Å²) in [4.78, 5) is 5.78. The van der Waals surface area contributed by atoms with Crippen molar-refractivity contribution in [3.63, 3.8) is 0 Å². The molecule has 0 aliphatic carbocycles. The highest BCUT2D eigenvalue weighted by Gasteiger charge is 1.92. The molecule has 4 heteroatoms. The maximum absolute atomic E-state index is 5.68. The summed E-state index contributed by atoms with van der Waals surface area (Å²) >= 11 is 7.22. The Labute approximate surface area is 74.4 Å². The van der Waals surface area contributed by atoms with Crippen molar-refractivity contribution in [1.29, 1.82) is 0 Å². The molecule has 11 heavy (non-hydrogen) atoms. The first-order valence-corrected chi connectivity index (χ1v) is 4.48. The number of hydrogen-bond acceptors (Lipinski definition) is 3. The van der Waals surface area contributed by atoms with E-state index in [4.69, 9.17) is 16.4 Å². The van der Waals surface area contributed by atoms with Gasteiger partial charge < -0.3 is 4.84 Å². The normalized spacial score (nSPS) is 10.7. The predicted molar refractivity (Wildman–Crippen MR) is 48.5 cm³/mol. The summed E-state index contributed by atoms with van der Waals surface area (Å²) in [6.45, 7) is 2.48. The van der Waals surface area contributed by atoms with Crippen LogP contribution in [0.2, 0.25) is 5.02 Å². The van der Waals surface area contributed by atoms with Gasteiger partial charge in [-0.15, -0.1) is 11.3 Å². The van der Waals surface area contributed by atoms with Gasteiger partial charge in [-0.05, 0) is 13.0 Å². The molecule has 0 radical (unpaired) electrons. The zero-order valence-corrected chi connectivity index (χ0v) is 7.65. The van der Waals surface area contributed by atoms with Crippen LogP contribution in [0.5, 0.6) is 0 Å². The van der Waals surface area contributed by atoms with E-state index in [1.54, 1.807) is 6.21 Å². The number of nitrogens with zero attached hydrogens (tertiary/aromatic N) is 1. The van der Waals surface area contributed by atoms with Crippen molar-refractivity contribution in [2.24, 2.45) is 5.16 Å². The number of rotatable bonds is 3. The van der Waals surface area contributed by atoms with Crippen LogP contribution in [0.1, 0.15) is 11.8 Å². The molecule has 1 aromatic heterocycles. The molecule has 2 nitrogen and oxygen atoms in total.